The molecular formula is C15H22ClN3O4. The molecule has 8 heteroatoms. The number of para-hydroxylation sites is 1. The fourth-order valence-corrected chi connectivity index (χ4v) is 2.35. The van der Waals surface area contributed by atoms with Crippen LogP contribution in [0.25, 0.3) is 0 Å². The number of anilines is 1. The number of halogens is 1. The van der Waals surface area contributed by atoms with Gasteiger partial charge in [-0.2, -0.15) is 0 Å². The zero-order valence-electron chi connectivity index (χ0n) is 12.8. The van der Waals surface area contributed by atoms with Crippen LogP contribution in [0.5, 0.6) is 0 Å². The lowest BCUT2D eigenvalue weighted by Crippen LogP contribution is -2.89. The van der Waals surface area contributed by atoms with Gasteiger partial charge in [-0.15, -0.1) is 0 Å². The zero-order valence-corrected chi connectivity index (χ0v) is 13.5. The first-order valence-electron chi connectivity index (χ1n) is 7.41. The summed E-state index contributed by atoms with van der Waals surface area (Å²) in [6.45, 7) is 4.55. The summed E-state index contributed by atoms with van der Waals surface area (Å²) in [4.78, 5) is 22.1. The van der Waals surface area contributed by atoms with Crippen LogP contribution >= 0.6 is 11.6 Å². The molecule has 7 nitrogen and oxygen atoms in total. The third kappa shape index (κ3) is 7.32. The molecule has 5 N–H and O–H groups in total. The van der Waals surface area contributed by atoms with E-state index < -0.39 is 18.0 Å². The van der Waals surface area contributed by atoms with Crippen LogP contribution < -0.4 is 21.1 Å². The molecule has 1 aliphatic rings. The van der Waals surface area contributed by atoms with E-state index in [1.165, 1.54) is 18.8 Å². The summed E-state index contributed by atoms with van der Waals surface area (Å²) >= 11 is 6.11. The Morgan fingerprint density at radius 1 is 1.35 bits per heavy atom. The molecule has 1 aromatic rings. The molecule has 128 valence electrons. The van der Waals surface area contributed by atoms with Crippen LogP contribution in [0.3, 0.4) is 0 Å². The molecule has 0 radical (unpaired) electrons. The Morgan fingerprint density at radius 2 is 1.96 bits per heavy atom. The topological polar surface area (TPSA) is 123 Å². The highest BCUT2D eigenvalue weighted by molar-refractivity contribution is 6.33. The van der Waals surface area contributed by atoms with E-state index in [0.29, 0.717) is 0 Å². The van der Waals surface area contributed by atoms with Gasteiger partial charge in [-0.1, -0.05) is 23.7 Å². The number of piperazine rings is 1. The van der Waals surface area contributed by atoms with Crippen molar-refractivity contribution in [1.82, 2.24) is 0 Å². The predicted molar refractivity (Wildman–Crippen MR) is 85.2 cm³/mol. The molecule has 23 heavy (non-hydrogen) atoms. The smallest absolute Gasteiger partial charge is 0.320 e. The van der Waals surface area contributed by atoms with Crippen LogP contribution in [0.15, 0.2) is 24.3 Å². The van der Waals surface area contributed by atoms with Crippen molar-refractivity contribution in [1.29, 1.82) is 0 Å². The van der Waals surface area contributed by atoms with Crippen LogP contribution in [0, 0.1) is 0 Å². The standard InChI is InChI=1S/C10H13ClN2.C5H9NO4/c11-9-3-1-2-4-10(9)13-7-5-12-6-8-13;6-3(5(9)10)1-2-4(7)8/h1-4,12H,5-8H2;3H,1-2,6H2,(H,7,8)(H,9,10). The Balaban J connectivity index is 0.000000241. The van der Waals surface area contributed by atoms with Gasteiger partial charge in [-0.3, -0.25) is 4.79 Å². The normalized spacial score (nSPS) is 15.3. The maximum atomic E-state index is 9.97. The Bertz CT molecular complexity index is 521. The van der Waals surface area contributed by atoms with Gasteiger partial charge in [0.2, 0.25) is 0 Å². The van der Waals surface area contributed by atoms with Gasteiger partial charge in [0.05, 0.1) is 36.9 Å². The van der Waals surface area contributed by atoms with Crippen molar-refractivity contribution in [3.8, 4) is 0 Å². The Labute approximate surface area is 140 Å². The van der Waals surface area contributed by atoms with Crippen molar-refractivity contribution in [2.24, 2.45) is 5.73 Å². The van der Waals surface area contributed by atoms with Crippen LogP contribution in [-0.2, 0) is 9.59 Å². The van der Waals surface area contributed by atoms with Gasteiger partial charge in [0.15, 0.2) is 0 Å². The average molecular weight is 344 g/mol. The Hall–Kier alpha value is -1.83. The van der Waals surface area contributed by atoms with Crippen LogP contribution in [-0.4, -0.2) is 49.3 Å². The monoisotopic (exact) mass is 343 g/mol. The first-order chi connectivity index (χ1) is 10.9. The SMILES string of the molecule is Clc1ccccc1N1CC[NH2+]CC1.NC(CCC(=O)[O-])C(=O)O. The number of benzene rings is 1. The minimum atomic E-state index is -1.28. The highest BCUT2D eigenvalue weighted by Crippen LogP contribution is 2.24. The summed E-state index contributed by atoms with van der Waals surface area (Å²) in [5.74, 6) is -2.47. The summed E-state index contributed by atoms with van der Waals surface area (Å²) in [7, 11) is 0. The number of aliphatic carboxylic acids is 2. The highest BCUT2D eigenvalue weighted by Gasteiger charge is 2.14. The third-order valence-electron chi connectivity index (χ3n) is 3.38. The number of quaternary nitrogens is 1. The molecule has 1 fully saturated rings. The van der Waals surface area contributed by atoms with Crippen molar-refractivity contribution >= 4 is 29.2 Å². The van der Waals surface area contributed by atoms with E-state index >= 15 is 0 Å². The summed E-state index contributed by atoms with van der Waals surface area (Å²) in [6.07, 6.45) is -0.398. The molecule has 2 rings (SSSR count). The fourth-order valence-electron chi connectivity index (χ4n) is 2.10. The molecule has 0 saturated carbocycles. The molecule has 1 atom stereocenters. The van der Waals surface area contributed by atoms with Gasteiger partial charge < -0.3 is 31.0 Å². The maximum Gasteiger partial charge on any atom is 0.320 e. The molecular weight excluding hydrogens is 322 g/mol. The molecule has 0 amide bonds. The number of rotatable bonds is 5. The second-order valence-corrected chi connectivity index (χ2v) is 5.57. The van der Waals surface area contributed by atoms with Crippen molar-refractivity contribution in [3.63, 3.8) is 0 Å². The number of carbonyl (C=O) groups excluding carboxylic acids is 1. The Morgan fingerprint density at radius 3 is 2.48 bits per heavy atom. The van der Waals surface area contributed by atoms with E-state index in [4.69, 9.17) is 22.4 Å². The number of hydrogen-bond donors (Lipinski definition) is 3. The van der Waals surface area contributed by atoms with Crippen LogP contribution in [0.4, 0.5) is 5.69 Å². The van der Waals surface area contributed by atoms with E-state index in [2.05, 4.69) is 16.3 Å². The van der Waals surface area contributed by atoms with Crippen LogP contribution in [0.2, 0.25) is 5.02 Å². The quantitative estimate of drug-likeness (QED) is 0.607. The van der Waals surface area contributed by atoms with Gasteiger partial charge in [-0.25, -0.2) is 0 Å². The number of carboxylic acid groups (broad SMARTS) is 2. The van der Waals surface area contributed by atoms with Gasteiger partial charge in [0.25, 0.3) is 0 Å². The first-order valence-corrected chi connectivity index (χ1v) is 7.79. The van der Waals surface area contributed by atoms with E-state index in [1.54, 1.807) is 0 Å². The van der Waals surface area contributed by atoms with Gasteiger partial charge in [0, 0.05) is 5.97 Å². The summed E-state index contributed by atoms with van der Waals surface area (Å²) in [6, 6.07) is 6.96. The zero-order chi connectivity index (χ0) is 17.2. The molecule has 1 saturated heterocycles. The van der Waals surface area contributed by atoms with Crippen molar-refractivity contribution in [2.75, 3.05) is 31.1 Å². The van der Waals surface area contributed by atoms with Gasteiger partial charge >= 0.3 is 5.97 Å². The Kier molecular flexibility index (Phi) is 8.39. The average Bonchev–Trinajstić information content (AvgIpc) is 2.54. The lowest BCUT2D eigenvalue weighted by Gasteiger charge is -2.27. The van der Waals surface area contributed by atoms with Gasteiger partial charge in [-0.05, 0) is 25.0 Å². The molecule has 0 bridgehead atoms. The largest absolute Gasteiger partial charge is 0.550 e. The first kappa shape index (κ1) is 19.2. The number of carbonyl (C=O) groups is 2. The minimum absolute atomic E-state index is 0.0856. The molecule has 0 spiro atoms. The molecule has 0 aromatic heterocycles. The number of hydrogen-bond acceptors (Lipinski definition) is 5. The lowest BCUT2D eigenvalue weighted by atomic mass is 10.2. The minimum Gasteiger partial charge on any atom is -0.550 e. The molecule has 1 aliphatic heterocycles. The van der Waals surface area contributed by atoms with E-state index in [1.807, 2.05) is 18.2 Å². The second kappa shape index (κ2) is 10.0. The van der Waals surface area contributed by atoms with Crippen molar-refractivity contribution < 1.29 is 25.1 Å². The van der Waals surface area contributed by atoms with Crippen molar-refractivity contribution in [2.45, 2.75) is 18.9 Å². The third-order valence-corrected chi connectivity index (χ3v) is 3.70. The van der Waals surface area contributed by atoms with Gasteiger partial charge in [0.1, 0.15) is 6.04 Å². The van der Waals surface area contributed by atoms with Crippen LogP contribution in [0.1, 0.15) is 12.8 Å². The van der Waals surface area contributed by atoms with E-state index in [9.17, 15) is 14.7 Å². The molecule has 1 aromatic carbocycles. The predicted octanol–water partition coefficient (Wildman–Crippen LogP) is -1.35. The molecule has 0 aliphatic carbocycles. The summed E-state index contributed by atoms with van der Waals surface area (Å²) in [5.41, 5.74) is 6.15. The fraction of sp³-hybridized carbons (Fsp3) is 0.467. The summed E-state index contributed by atoms with van der Waals surface area (Å²) < 4.78 is 0. The molecule has 1 heterocycles. The number of nitrogens with two attached hydrogens (primary N) is 2. The van der Waals surface area contributed by atoms with Crippen molar-refractivity contribution in [3.05, 3.63) is 29.3 Å². The molecule has 1 unspecified atom stereocenters. The number of nitrogens with zero attached hydrogens (tertiary/aromatic N) is 1. The number of carboxylic acids is 2. The van der Waals surface area contributed by atoms with E-state index in [0.717, 1.165) is 18.1 Å². The maximum absolute atomic E-state index is 9.97. The van der Waals surface area contributed by atoms with E-state index in [-0.39, 0.29) is 12.8 Å². The summed E-state index contributed by atoms with van der Waals surface area (Å²) in [5, 5.41) is 21.1. The lowest BCUT2D eigenvalue weighted by molar-refractivity contribution is -0.655. The second-order valence-electron chi connectivity index (χ2n) is 5.16. The highest BCUT2D eigenvalue weighted by atomic mass is 35.5.